The number of anilines is 2. The Morgan fingerprint density at radius 1 is 0.789 bits per heavy atom. The first-order valence-electron chi connectivity index (χ1n) is 5.24. The lowest BCUT2D eigenvalue weighted by Crippen LogP contribution is -2.03. The minimum atomic E-state index is -3.63. The highest BCUT2D eigenvalue weighted by Gasteiger charge is 2.19. The highest BCUT2D eigenvalue weighted by atomic mass is 32.2. The van der Waals surface area contributed by atoms with Gasteiger partial charge in [-0.05, 0) is 36.4 Å². The molecule has 4 nitrogen and oxygen atoms in total. The average Bonchev–Trinajstić information content (AvgIpc) is 2.35. The van der Waals surface area contributed by atoms with E-state index in [1.54, 1.807) is 0 Å². The first-order valence-corrected chi connectivity index (χ1v) is 7.62. The Kier molecular flexibility index (Phi) is 3.71. The van der Waals surface area contributed by atoms with Crippen molar-refractivity contribution in [2.45, 2.75) is 19.6 Å². The van der Waals surface area contributed by atoms with Crippen LogP contribution in [0, 0.1) is 0 Å². The van der Waals surface area contributed by atoms with Gasteiger partial charge in [-0.15, -0.1) is 25.3 Å². The van der Waals surface area contributed by atoms with Crippen molar-refractivity contribution < 1.29 is 8.42 Å². The van der Waals surface area contributed by atoms with Crippen LogP contribution in [0.1, 0.15) is 0 Å². The molecule has 0 aliphatic heterocycles. The Morgan fingerprint density at radius 2 is 1.16 bits per heavy atom. The van der Waals surface area contributed by atoms with Gasteiger partial charge >= 0.3 is 0 Å². The Bertz CT molecular complexity index is 685. The topological polar surface area (TPSA) is 86.2 Å². The lowest BCUT2D eigenvalue weighted by Gasteiger charge is -2.08. The Morgan fingerprint density at radius 3 is 1.47 bits per heavy atom. The highest BCUT2D eigenvalue weighted by molar-refractivity contribution is 7.91. The van der Waals surface area contributed by atoms with Crippen LogP contribution in [0.4, 0.5) is 11.4 Å². The summed E-state index contributed by atoms with van der Waals surface area (Å²) >= 11 is 8.25. The molecule has 0 aliphatic carbocycles. The molecule has 2 aromatic carbocycles. The van der Waals surface area contributed by atoms with E-state index < -0.39 is 9.84 Å². The van der Waals surface area contributed by atoms with Gasteiger partial charge in [0.05, 0.1) is 9.79 Å². The summed E-state index contributed by atoms with van der Waals surface area (Å²) in [5, 5.41) is 0. The van der Waals surface area contributed by atoms with Crippen molar-refractivity contribution in [1.29, 1.82) is 0 Å². The number of thiol groups is 2. The third-order valence-corrected chi connectivity index (χ3v) is 5.15. The summed E-state index contributed by atoms with van der Waals surface area (Å²) in [7, 11) is -3.63. The zero-order valence-electron chi connectivity index (χ0n) is 9.74. The van der Waals surface area contributed by atoms with Gasteiger partial charge in [0.25, 0.3) is 0 Å². The van der Waals surface area contributed by atoms with E-state index in [0.29, 0.717) is 21.2 Å². The molecule has 0 saturated heterocycles. The van der Waals surface area contributed by atoms with Crippen molar-refractivity contribution in [2.75, 3.05) is 11.5 Å². The van der Waals surface area contributed by atoms with Gasteiger partial charge in [0, 0.05) is 21.2 Å². The predicted octanol–water partition coefficient (Wildman–Crippen LogP) is 2.26. The molecule has 0 atom stereocenters. The Balaban J connectivity index is 2.58. The molecule has 7 heteroatoms. The third-order valence-electron chi connectivity index (χ3n) is 2.62. The van der Waals surface area contributed by atoms with Crippen molar-refractivity contribution in [3.05, 3.63) is 36.4 Å². The molecule has 0 saturated carbocycles. The van der Waals surface area contributed by atoms with E-state index >= 15 is 0 Å². The van der Waals surface area contributed by atoms with Gasteiger partial charge in [-0.3, -0.25) is 0 Å². The van der Waals surface area contributed by atoms with E-state index in [1.165, 1.54) is 36.4 Å². The van der Waals surface area contributed by atoms with Crippen molar-refractivity contribution >= 4 is 46.5 Å². The van der Waals surface area contributed by atoms with Crippen LogP contribution in [0.3, 0.4) is 0 Å². The number of benzene rings is 2. The molecule has 0 aliphatic rings. The number of rotatable bonds is 2. The van der Waals surface area contributed by atoms with Crippen LogP contribution < -0.4 is 11.5 Å². The van der Waals surface area contributed by atoms with Gasteiger partial charge < -0.3 is 11.5 Å². The number of hydrogen-bond donors (Lipinski definition) is 4. The Hall–Kier alpha value is -1.31. The predicted molar refractivity (Wildman–Crippen MR) is 81.7 cm³/mol. The van der Waals surface area contributed by atoms with Crippen LogP contribution in [0.5, 0.6) is 0 Å². The van der Waals surface area contributed by atoms with Crippen LogP contribution >= 0.6 is 25.3 Å². The first kappa shape index (κ1) is 14.1. The fourth-order valence-corrected chi connectivity index (χ4v) is 3.43. The second kappa shape index (κ2) is 4.99. The minimum absolute atomic E-state index is 0.129. The molecule has 100 valence electrons. The Labute approximate surface area is 122 Å². The monoisotopic (exact) mass is 312 g/mol. The maximum absolute atomic E-state index is 12.4. The molecular formula is C12H12N2O2S3. The molecule has 2 aromatic rings. The van der Waals surface area contributed by atoms with E-state index in [9.17, 15) is 8.42 Å². The quantitative estimate of drug-likeness (QED) is 0.506. The molecule has 2 rings (SSSR count). The SMILES string of the molecule is Nc1ccc(S(=O)(=O)c2ccc(N)c(S)c2)cc1S. The number of nitrogen functional groups attached to an aromatic ring is 2. The zero-order chi connectivity index (χ0) is 14.2. The van der Waals surface area contributed by atoms with Crippen LogP contribution in [0.2, 0.25) is 0 Å². The van der Waals surface area contributed by atoms with Gasteiger partial charge in [-0.2, -0.15) is 0 Å². The van der Waals surface area contributed by atoms with Crippen molar-refractivity contribution in [3.8, 4) is 0 Å². The lowest BCUT2D eigenvalue weighted by molar-refractivity contribution is 0.595. The molecule has 0 fully saturated rings. The van der Waals surface area contributed by atoms with Crippen molar-refractivity contribution in [1.82, 2.24) is 0 Å². The van der Waals surface area contributed by atoms with Gasteiger partial charge in [-0.1, -0.05) is 0 Å². The molecule has 0 heterocycles. The summed E-state index contributed by atoms with van der Waals surface area (Å²) in [5.74, 6) is 0. The summed E-state index contributed by atoms with van der Waals surface area (Å²) in [6.07, 6.45) is 0. The highest BCUT2D eigenvalue weighted by Crippen LogP contribution is 2.28. The largest absolute Gasteiger partial charge is 0.398 e. The minimum Gasteiger partial charge on any atom is -0.398 e. The maximum atomic E-state index is 12.4. The molecule has 4 N–H and O–H groups in total. The summed E-state index contributed by atoms with van der Waals surface area (Å²) in [6.45, 7) is 0. The van der Waals surface area contributed by atoms with Crippen LogP contribution in [-0.2, 0) is 9.84 Å². The summed E-state index contributed by atoms with van der Waals surface area (Å²) < 4.78 is 24.8. The fourth-order valence-electron chi connectivity index (χ4n) is 1.52. The van der Waals surface area contributed by atoms with Gasteiger partial charge in [0.1, 0.15) is 0 Å². The second-order valence-corrected chi connectivity index (χ2v) is 6.86. The number of nitrogens with two attached hydrogens (primary N) is 2. The molecule has 19 heavy (non-hydrogen) atoms. The van der Waals surface area contributed by atoms with Gasteiger partial charge in [0.2, 0.25) is 9.84 Å². The fraction of sp³-hybridized carbons (Fsp3) is 0. The normalized spacial score (nSPS) is 11.5. The van der Waals surface area contributed by atoms with Crippen LogP contribution in [-0.4, -0.2) is 8.42 Å². The lowest BCUT2D eigenvalue weighted by atomic mass is 10.3. The standard InChI is InChI=1S/C12H12N2O2S3/c13-9-3-1-7(5-11(9)17)19(15,16)8-2-4-10(14)12(18)6-8/h1-6,17-18H,13-14H2. The van der Waals surface area contributed by atoms with Crippen LogP contribution in [0.25, 0.3) is 0 Å². The molecule has 0 amide bonds. The molecule has 0 unspecified atom stereocenters. The summed E-state index contributed by atoms with van der Waals surface area (Å²) in [6, 6.07) is 8.74. The molecule has 0 aromatic heterocycles. The summed E-state index contributed by atoms with van der Waals surface area (Å²) in [5.41, 5.74) is 12.1. The molecule has 0 spiro atoms. The van der Waals surface area contributed by atoms with E-state index in [1.807, 2.05) is 0 Å². The third kappa shape index (κ3) is 2.68. The first-order chi connectivity index (χ1) is 8.82. The smallest absolute Gasteiger partial charge is 0.206 e. The van der Waals surface area contributed by atoms with Gasteiger partial charge in [0.15, 0.2) is 0 Å². The van der Waals surface area contributed by atoms with E-state index in [-0.39, 0.29) is 9.79 Å². The van der Waals surface area contributed by atoms with E-state index in [0.717, 1.165) is 0 Å². The number of hydrogen-bond acceptors (Lipinski definition) is 6. The number of sulfone groups is 1. The van der Waals surface area contributed by atoms with E-state index in [2.05, 4.69) is 25.3 Å². The molecular weight excluding hydrogens is 300 g/mol. The van der Waals surface area contributed by atoms with Gasteiger partial charge in [-0.25, -0.2) is 8.42 Å². The average molecular weight is 312 g/mol. The molecule has 0 bridgehead atoms. The molecule has 0 radical (unpaired) electrons. The van der Waals surface area contributed by atoms with Crippen molar-refractivity contribution in [2.24, 2.45) is 0 Å². The van der Waals surface area contributed by atoms with E-state index in [4.69, 9.17) is 11.5 Å². The maximum Gasteiger partial charge on any atom is 0.206 e. The van der Waals surface area contributed by atoms with Crippen LogP contribution in [0.15, 0.2) is 56.0 Å². The zero-order valence-corrected chi connectivity index (χ0v) is 12.3. The second-order valence-electron chi connectivity index (χ2n) is 3.94. The summed E-state index contributed by atoms with van der Waals surface area (Å²) in [4.78, 5) is 1.10. The van der Waals surface area contributed by atoms with Crippen molar-refractivity contribution in [3.63, 3.8) is 0 Å².